The van der Waals surface area contributed by atoms with Crippen LogP contribution >= 0.6 is 0 Å². The van der Waals surface area contributed by atoms with Gasteiger partial charge in [-0.3, -0.25) is 19.2 Å². The fourth-order valence-corrected chi connectivity index (χ4v) is 4.46. The first-order valence-electron chi connectivity index (χ1n) is 12.4. The molecule has 0 spiro atoms. The van der Waals surface area contributed by atoms with Crippen molar-refractivity contribution in [2.75, 3.05) is 6.54 Å². The molecule has 0 aliphatic carbocycles. The molecule has 11 heteroatoms. The molecule has 1 saturated heterocycles. The standard InChI is InChI=1S/C27H33N5O6/c28-19(14-17-8-3-1-4-9-17)24(34)30-20(15-18-10-5-2-6-11-18)26(36)32-13-7-12-22(32)25(35)31-21(27(37)38)16-23(29)33/h1-6,8-11,19-22H,7,12-16,28H2,(H2,29,33)(H,30,34)(H,31,35)(H,37,38). The topological polar surface area (TPSA) is 185 Å². The number of likely N-dealkylation sites (tertiary alicyclic amines) is 1. The number of nitrogens with zero attached hydrogens (tertiary/aromatic N) is 1. The van der Waals surface area contributed by atoms with Crippen LogP contribution in [0.2, 0.25) is 0 Å². The van der Waals surface area contributed by atoms with E-state index < -0.39 is 60.2 Å². The van der Waals surface area contributed by atoms with Crippen LogP contribution in [0.3, 0.4) is 0 Å². The molecule has 4 amide bonds. The lowest BCUT2D eigenvalue weighted by Gasteiger charge is -2.30. The van der Waals surface area contributed by atoms with E-state index in [0.29, 0.717) is 12.8 Å². The Balaban J connectivity index is 1.76. The third-order valence-electron chi connectivity index (χ3n) is 6.39. The van der Waals surface area contributed by atoms with Gasteiger partial charge in [0.2, 0.25) is 23.6 Å². The van der Waals surface area contributed by atoms with Crippen LogP contribution in [0.25, 0.3) is 0 Å². The third-order valence-corrected chi connectivity index (χ3v) is 6.39. The van der Waals surface area contributed by atoms with E-state index in [4.69, 9.17) is 11.5 Å². The van der Waals surface area contributed by atoms with Gasteiger partial charge in [-0.05, 0) is 30.4 Å². The maximum Gasteiger partial charge on any atom is 0.326 e. The summed E-state index contributed by atoms with van der Waals surface area (Å²) >= 11 is 0. The zero-order valence-electron chi connectivity index (χ0n) is 20.9. The summed E-state index contributed by atoms with van der Waals surface area (Å²) in [5.74, 6) is -3.97. The Morgan fingerprint density at radius 1 is 0.895 bits per heavy atom. The molecule has 0 radical (unpaired) electrons. The van der Waals surface area contributed by atoms with Crippen molar-refractivity contribution in [3.05, 3.63) is 71.8 Å². The number of carboxylic acids is 1. The van der Waals surface area contributed by atoms with Crippen LogP contribution in [0, 0.1) is 0 Å². The van der Waals surface area contributed by atoms with Gasteiger partial charge in [0.05, 0.1) is 12.5 Å². The summed E-state index contributed by atoms with van der Waals surface area (Å²) in [6.45, 7) is 0.252. The highest BCUT2D eigenvalue weighted by Crippen LogP contribution is 2.20. The van der Waals surface area contributed by atoms with Crippen molar-refractivity contribution in [1.82, 2.24) is 15.5 Å². The average Bonchev–Trinajstić information content (AvgIpc) is 3.38. The lowest BCUT2D eigenvalue weighted by Crippen LogP contribution is -2.57. The molecule has 11 nitrogen and oxygen atoms in total. The van der Waals surface area contributed by atoms with E-state index >= 15 is 0 Å². The van der Waals surface area contributed by atoms with Crippen molar-refractivity contribution in [2.24, 2.45) is 11.5 Å². The maximum absolute atomic E-state index is 13.7. The second-order valence-corrected chi connectivity index (χ2v) is 9.31. The predicted molar refractivity (Wildman–Crippen MR) is 138 cm³/mol. The highest BCUT2D eigenvalue weighted by molar-refractivity contribution is 5.95. The Kier molecular flexibility index (Phi) is 9.94. The normalized spacial score (nSPS) is 17.2. The number of hydrogen-bond acceptors (Lipinski definition) is 6. The summed E-state index contributed by atoms with van der Waals surface area (Å²) in [6.07, 6.45) is 0.697. The Hall–Kier alpha value is -4.25. The molecule has 4 unspecified atom stereocenters. The van der Waals surface area contributed by atoms with Gasteiger partial charge in [0.1, 0.15) is 18.1 Å². The van der Waals surface area contributed by atoms with E-state index in [1.165, 1.54) is 4.90 Å². The van der Waals surface area contributed by atoms with Crippen LogP contribution in [0.5, 0.6) is 0 Å². The lowest BCUT2D eigenvalue weighted by atomic mass is 10.0. The van der Waals surface area contributed by atoms with Crippen molar-refractivity contribution in [3.8, 4) is 0 Å². The summed E-state index contributed by atoms with van der Waals surface area (Å²) in [5, 5.41) is 14.4. The Morgan fingerprint density at radius 3 is 2.03 bits per heavy atom. The second-order valence-electron chi connectivity index (χ2n) is 9.31. The summed E-state index contributed by atoms with van der Waals surface area (Å²) in [4.78, 5) is 63.7. The number of carboxylic acid groups (broad SMARTS) is 1. The molecular weight excluding hydrogens is 490 g/mol. The Labute approximate surface area is 220 Å². The molecular formula is C27H33N5O6. The van der Waals surface area contributed by atoms with Gasteiger partial charge in [-0.2, -0.15) is 0 Å². The van der Waals surface area contributed by atoms with Crippen LogP contribution < -0.4 is 22.1 Å². The average molecular weight is 524 g/mol. The van der Waals surface area contributed by atoms with Crippen LogP contribution in [0.15, 0.2) is 60.7 Å². The summed E-state index contributed by atoms with van der Waals surface area (Å²) in [7, 11) is 0. The summed E-state index contributed by atoms with van der Waals surface area (Å²) < 4.78 is 0. The Bertz CT molecular complexity index is 1140. The van der Waals surface area contributed by atoms with Gasteiger partial charge in [0, 0.05) is 13.0 Å². The smallest absolute Gasteiger partial charge is 0.326 e. The molecule has 0 aromatic heterocycles. The minimum absolute atomic E-state index is 0.174. The third kappa shape index (κ3) is 7.87. The first kappa shape index (κ1) is 28.3. The molecule has 202 valence electrons. The largest absolute Gasteiger partial charge is 0.480 e. The van der Waals surface area contributed by atoms with Crippen molar-refractivity contribution >= 4 is 29.6 Å². The van der Waals surface area contributed by atoms with Gasteiger partial charge in [-0.1, -0.05) is 60.7 Å². The number of carbonyl (C=O) groups excluding carboxylic acids is 4. The fraction of sp³-hybridized carbons (Fsp3) is 0.370. The van der Waals surface area contributed by atoms with Crippen LogP contribution in [-0.2, 0) is 36.8 Å². The minimum atomic E-state index is -1.51. The minimum Gasteiger partial charge on any atom is -0.480 e. The molecule has 1 aliphatic rings. The molecule has 0 saturated carbocycles. The van der Waals surface area contributed by atoms with Crippen molar-refractivity contribution in [1.29, 1.82) is 0 Å². The number of nitrogens with two attached hydrogens (primary N) is 2. The van der Waals surface area contributed by atoms with E-state index in [0.717, 1.165) is 11.1 Å². The van der Waals surface area contributed by atoms with E-state index in [2.05, 4.69) is 10.6 Å². The first-order valence-corrected chi connectivity index (χ1v) is 12.4. The predicted octanol–water partition coefficient (Wildman–Crippen LogP) is -0.280. The van der Waals surface area contributed by atoms with Gasteiger partial charge in [0.25, 0.3) is 0 Å². The molecule has 7 N–H and O–H groups in total. The molecule has 0 bridgehead atoms. The number of amides is 4. The molecule has 3 rings (SSSR count). The van der Waals surface area contributed by atoms with E-state index in [9.17, 15) is 29.1 Å². The van der Waals surface area contributed by atoms with Gasteiger partial charge in [0.15, 0.2) is 0 Å². The second kappa shape index (κ2) is 13.3. The van der Waals surface area contributed by atoms with E-state index in [1.807, 2.05) is 60.7 Å². The zero-order valence-corrected chi connectivity index (χ0v) is 20.9. The van der Waals surface area contributed by atoms with Crippen LogP contribution in [-0.4, -0.2) is 70.3 Å². The number of nitrogens with one attached hydrogen (secondary N) is 2. The maximum atomic E-state index is 13.7. The van der Waals surface area contributed by atoms with Crippen molar-refractivity contribution in [3.63, 3.8) is 0 Å². The highest BCUT2D eigenvalue weighted by Gasteiger charge is 2.39. The lowest BCUT2D eigenvalue weighted by molar-refractivity contribution is -0.145. The van der Waals surface area contributed by atoms with Gasteiger partial charge in [-0.25, -0.2) is 4.79 Å². The molecule has 1 heterocycles. The molecule has 1 aliphatic heterocycles. The molecule has 2 aromatic rings. The number of hydrogen-bond donors (Lipinski definition) is 5. The number of aliphatic carboxylic acids is 1. The summed E-state index contributed by atoms with van der Waals surface area (Å²) in [5.41, 5.74) is 12.9. The number of primary amides is 1. The van der Waals surface area contributed by atoms with Crippen molar-refractivity contribution < 1.29 is 29.1 Å². The first-order chi connectivity index (χ1) is 18.2. The monoisotopic (exact) mass is 523 g/mol. The van der Waals surface area contributed by atoms with Gasteiger partial charge in [-0.15, -0.1) is 0 Å². The van der Waals surface area contributed by atoms with E-state index in [1.54, 1.807) is 0 Å². The fourth-order valence-electron chi connectivity index (χ4n) is 4.46. The molecule has 4 atom stereocenters. The highest BCUT2D eigenvalue weighted by atomic mass is 16.4. The molecule has 38 heavy (non-hydrogen) atoms. The summed E-state index contributed by atoms with van der Waals surface area (Å²) in [6, 6.07) is 14.0. The number of benzene rings is 2. The van der Waals surface area contributed by atoms with Gasteiger partial charge >= 0.3 is 5.97 Å². The van der Waals surface area contributed by atoms with Crippen LogP contribution in [0.4, 0.5) is 0 Å². The van der Waals surface area contributed by atoms with Gasteiger partial charge < -0.3 is 32.1 Å². The Morgan fingerprint density at radius 2 is 1.47 bits per heavy atom. The van der Waals surface area contributed by atoms with Crippen molar-refractivity contribution in [2.45, 2.75) is 56.3 Å². The quantitative estimate of drug-likeness (QED) is 0.253. The number of carbonyl (C=O) groups is 5. The van der Waals surface area contributed by atoms with E-state index in [-0.39, 0.29) is 19.4 Å². The molecule has 1 fully saturated rings. The zero-order chi connectivity index (χ0) is 27.7. The van der Waals surface area contributed by atoms with Crippen LogP contribution in [0.1, 0.15) is 30.4 Å². The molecule has 2 aromatic carbocycles. The SMILES string of the molecule is NC(=O)CC(NC(=O)C1CCCN1C(=O)C(Cc1ccccc1)NC(=O)C(N)Cc1ccccc1)C(=O)O. The number of rotatable bonds is 12.